The third kappa shape index (κ3) is 2.52. The summed E-state index contributed by atoms with van der Waals surface area (Å²) in [7, 11) is 0. The number of benzene rings is 2. The zero-order chi connectivity index (χ0) is 16.7. The molecule has 24 heavy (non-hydrogen) atoms. The fourth-order valence-corrected chi connectivity index (χ4v) is 3.74. The molecular formula is C17H13ClN4OS. The van der Waals surface area contributed by atoms with E-state index in [2.05, 4.69) is 15.2 Å². The predicted molar refractivity (Wildman–Crippen MR) is 95.5 cm³/mol. The summed E-state index contributed by atoms with van der Waals surface area (Å²) >= 11 is 7.39. The highest BCUT2D eigenvalue weighted by Gasteiger charge is 2.41. The highest BCUT2D eigenvalue weighted by Crippen LogP contribution is 2.36. The number of nitrogens with zero attached hydrogens (tertiary/aromatic N) is 4. The number of carbonyl (C=O) groups is 1. The second-order valence-electron chi connectivity index (χ2n) is 5.76. The van der Waals surface area contributed by atoms with E-state index in [1.54, 1.807) is 35.8 Å². The summed E-state index contributed by atoms with van der Waals surface area (Å²) in [4.78, 5) is 17.5. The molecule has 0 aliphatic carbocycles. The zero-order valence-electron chi connectivity index (χ0n) is 12.8. The molecule has 1 aromatic heterocycles. The van der Waals surface area contributed by atoms with Crippen LogP contribution < -0.4 is 0 Å². The number of hydrogen-bond donors (Lipinski definition) is 0. The first-order valence-electron chi connectivity index (χ1n) is 7.40. The standard InChI is InChI=1S/C17H13ClN4OS/c1-17(21-20-12-8-6-11(18)7-9-12)10-24-16-19-13-4-2-3-5-14(13)22(16)15(17)23/h2-9H,10H2,1H3. The Labute approximate surface area is 147 Å². The number of fused-ring (bicyclic) bond motifs is 3. The van der Waals surface area contributed by atoms with E-state index < -0.39 is 5.54 Å². The van der Waals surface area contributed by atoms with Gasteiger partial charge < -0.3 is 0 Å². The molecular weight excluding hydrogens is 344 g/mol. The van der Waals surface area contributed by atoms with Crippen molar-refractivity contribution in [3.63, 3.8) is 0 Å². The summed E-state index contributed by atoms with van der Waals surface area (Å²) in [6.45, 7) is 1.81. The molecule has 0 spiro atoms. The molecule has 3 aromatic rings. The summed E-state index contributed by atoms with van der Waals surface area (Å²) in [5.41, 5.74) is 1.35. The molecule has 120 valence electrons. The monoisotopic (exact) mass is 356 g/mol. The van der Waals surface area contributed by atoms with Crippen molar-refractivity contribution in [1.82, 2.24) is 9.55 Å². The lowest BCUT2D eigenvalue weighted by atomic mass is 10.1. The van der Waals surface area contributed by atoms with E-state index in [1.165, 1.54) is 11.8 Å². The number of hydrogen-bond acceptors (Lipinski definition) is 5. The van der Waals surface area contributed by atoms with Crippen LogP contribution in [-0.2, 0) is 0 Å². The number of azo groups is 1. The van der Waals surface area contributed by atoms with Gasteiger partial charge >= 0.3 is 0 Å². The Morgan fingerprint density at radius 3 is 2.75 bits per heavy atom. The fraction of sp³-hybridized carbons (Fsp3) is 0.176. The van der Waals surface area contributed by atoms with Gasteiger partial charge in [-0.3, -0.25) is 9.36 Å². The van der Waals surface area contributed by atoms with Crippen molar-refractivity contribution in [1.29, 1.82) is 0 Å². The van der Waals surface area contributed by atoms with Gasteiger partial charge in [0.15, 0.2) is 10.7 Å². The van der Waals surface area contributed by atoms with Crippen LogP contribution in [0, 0.1) is 0 Å². The highest BCUT2D eigenvalue weighted by atomic mass is 35.5. The molecule has 0 radical (unpaired) electrons. The van der Waals surface area contributed by atoms with Gasteiger partial charge in [0.1, 0.15) is 0 Å². The third-order valence-corrected chi connectivity index (χ3v) is 5.38. The molecule has 2 heterocycles. The number of halogens is 1. The summed E-state index contributed by atoms with van der Waals surface area (Å²) in [5, 5.41) is 9.92. The van der Waals surface area contributed by atoms with Crippen LogP contribution in [0.25, 0.3) is 11.0 Å². The molecule has 2 aromatic carbocycles. The van der Waals surface area contributed by atoms with Crippen molar-refractivity contribution in [3.05, 3.63) is 53.6 Å². The molecule has 0 bridgehead atoms. The minimum atomic E-state index is -0.930. The second-order valence-corrected chi connectivity index (χ2v) is 7.14. The summed E-state index contributed by atoms with van der Waals surface area (Å²) in [6.07, 6.45) is 0. The van der Waals surface area contributed by atoms with Gasteiger partial charge in [-0.1, -0.05) is 35.5 Å². The maximum atomic E-state index is 13.0. The van der Waals surface area contributed by atoms with E-state index in [1.807, 2.05) is 24.3 Å². The molecule has 5 nitrogen and oxygen atoms in total. The van der Waals surface area contributed by atoms with Crippen LogP contribution in [0.2, 0.25) is 5.02 Å². The molecule has 1 aliphatic heterocycles. The molecule has 0 N–H and O–H groups in total. The van der Waals surface area contributed by atoms with Crippen LogP contribution in [0.4, 0.5) is 5.69 Å². The van der Waals surface area contributed by atoms with Crippen LogP contribution in [-0.4, -0.2) is 26.8 Å². The molecule has 7 heteroatoms. The molecule has 0 fully saturated rings. The Morgan fingerprint density at radius 2 is 1.96 bits per heavy atom. The van der Waals surface area contributed by atoms with Crippen molar-refractivity contribution < 1.29 is 4.79 Å². The smallest absolute Gasteiger partial charge is 0.263 e. The molecule has 1 atom stereocenters. The first-order chi connectivity index (χ1) is 11.6. The van der Waals surface area contributed by atoms with Crippen LogP contribution in [0.5, 0.6) is 0 Å². The second kappa shape index (κ2) is 5.72. The van der Waals surface area contributed by atoms with E-state index in [9.17, 15) is 4.79 Å². The minimum absolute atomic E-state index is 0.109. The summed E-state index contributed by atoms with van der Waals surface area (Å²) < 4.78 is 1.64. The highest BCUT2D eigenvalue weighted by molar-refractivity contribution is 7.99. The van der Waals surface area contributed by atoms with Gasteiger partial charge in [-0.25, -0.2) is 4.98 Å². The average Bonchev–Trinajstić information content (AvgIpc) is 2.97. The Morgan fingerprint density at radius 1 is 1.21 bits per heavy atom. The first-order valence-corrected chi connectivity index (χ1v) is 8.77. The van der Waals surface area contributed by atoms with Crippen molar-refractivity contribution in [3.8, 4) is 0 Å². The van der Waals surface area contributed by atoms with E-state index in [4.69, 9.17) is 11.6 Å². The zero-order valence-corrected chi connectivity index (χ0v) is 14.4. The van der Waals surface area contributed by atoms with Crippen LogP contribution in [0.15, 0.2) is 63.9 Å². The van der Waals surface area contributed by atoms with Crippen molar-refractivity contribution in [2.75, 3.05) is 5.75 Å². The Bertz CT molecular complexity index is 966. The number of thioether (sulfide) groups is 1. The lowest BCUT2D eigenvalue weighted by Gasteiger charge is -2.27. The first kappa shape index (κ1) is 15.4. The van der Waals surface area contributed by atoms with Gasteiger partial charge in [-0.2, -0.15) is 10.2 Å². The van der Waals surface area contributed by atoms with Gasteiger partial charge in [0.05, 0.1) is 16.7 Å². The van der Waals surface area contributed by atoms with Gasteiger partial charge in [-0.15, -0.1) is 0 Å². The molecule has 4 rings (SSSR count). The van der Waals surface area contributed by atoms with Crippen molar-refractivity contribution >= 4 is 46.0 Å². The van der Waals surface area contributed by atoms with Crippen LogP contribution in [0.3, 0.4) is 0 Å². The Balaban J connectivity index is 1.72. The SMILES string of the molecule is CC1(N=Nc2ccc(Cl)cc2)CSc2nc3ccccc3n2C1=O. The molecule has 1 aliphatic rings. The number of aromatic nitrogens is 2. The van der Waals surface area contributed by atoms with E-state index >= 15 is 0 Å². The van der Waals surface area contributed by atoms with Gasteiger partial charge in [0.2, 0.25) is 0 Å². The number of carbonyl (C=O) groups excluding carboxylic acids is 1. The van der Waals surface area contributed by atoms with Gasteiger partial charge in [0.25, 0.3) is 5.91 Å². The minimum Gasteiger partial charge on any atom is -0.271 e. The largest absolute Gasteiger partial charge is 0.271 e. The molecule has 0 saturated heterocycles. The molecule has 0 saturated carbocycles. The quantitative estimate of drug-likeness (QED) is 0.608. The Hall–Kier alpha value is -2.18. The van der Waals surface area contributed by atoms with E-state index in [-0.39, 0.29) is 5.91 Å². The normalized spacial score (nSPS) is 20.7. The van der Waals surface area contributed by atoms with Crippen LogP contribution >= 0.6 is 23.4 Å². The lowest BCUT2D eigenvalue weighted by molar-refractivity contribution is 0.0816. The summed E-state index contributed by atoms with van der Waals surface area (Å²) in [5.74, 6) is 0.398. The van der Waals surface area contributed by atoms with Crippen molar-refractivity contribution in [2.45, 2.75) is 17.6 Å². The summed E-state index contributed by atoms with van der Waals surface area (Å²) in [6, 6.07) is 14.6. The number of imidazole rings is 1. The van der Waals surface area contributed by atoms with Crippen molar-refractivity contribution in [2.24, 2.45) is 10.2 Å². The molecule has 1 unspecified atom stereocenters. The molecule has 0 amide bonds. The topological polar surface area (TPSA) is 59.6 Å². The maximum absolute atomic E-state index is 13.0. The number of para-hydroxylation sites is 2. The van der Waals surface area contributed by atoms with Crippen LogP contribution in [0.1, 0.15) is 11.7 Å². The Kier molecular flexibility index (Phi) is 3.66. The van der Waals surface area contributed by atoms with E-state index in [0.717, 1.165) is 11.0 Å². The third-order valence-electron chi connectivity index (χ3n) is 3.89. The average molecular weight is 357 g/mol. The number of rotatable bonds is 2. The fourth-order valence-electron chi connectivity index (χ4n) is 2.55. The van der Waals surface area contributed by atoms with E-state index in [0.29, 0.717) is 21.6 Å². The van der Waals surface area contributed by atoms with Gasteiger partial charge in [0, 0.05) is 10.8 Å². The maximum Gasteiger partial charge on any atom is 0.263 e. The lowest BCUT2D eigenvalue weighted by Crippen LogP contribution is -2.42. The van der Waals surface area contributed by atoms with Gasteiger partial charge in [-0.05, 0) is 43.3 Å². The predicted octanol–water partition coefficient (Wildman–Crippen LogP) is 4.98.